The van der Waals surface area contributed by atoms with Gasteiger partial charge in [-0.3, -0.25) is 14.4 Å². The molecular weight excluding hydrogens is 398 g/mol. The molecule has 1 saturated heterocycles. The number of aromatic amines is 1. The van der Waals surface area contributed by atoms with Crippen LogP contribution in [-0.4, -0.2) is 77.9 Å². The number of nitrogens with zero attached hydrogens (tertiary/aromatic N) is 2. The molecule has 4 rings (SSSR count). The van der Waals surface area contributed by atoms with Crippen molar-refractivity contribution in [2.75, 3.05) is 39.8 Å². The molecule has 2 heterocycles. The fraction of sp³-hybridized carbons (Fsp3) is 0.450. The van der Waals surface area contributed by atoms with Gasteiger partial charge in [0.1, 0.15) is 17.3 Å². The third-order valence-corrected chi connectivity index (χ3v) is 5.74. The fourth-order valence-corrected chi connectivity index (χ4v) is 3.61. The number of piperazine rings is 1. The van der Waals surface area contributed by atoms with Crippen LogP contribution in [-0.2, 0) is 14.3 Å². The number of hydrogen-bond donors (Lipinski definition) is 2. The number of aromatic nitrogens is 1. The number of methoxy groups -OCH3 is 1. The molecule has 0 atom stereocenters. The predicted octanol–water partition coefficient (Wildman–Crippen LogP) is 1.03. The lowest BCUT2D eigenvalue weighted by molar-refractivity contribution is -0.147. The molecule has 2 fully saturated rings. The van der Waals surface area contributed by atoms with Gasteiger partial charge in [-0.1, -0.05) is 0 Å². The number of carbonyl (C=O) groups is 3. The molecule has 8 nitrogen and oxygen atoms in total. The number of ether oxygens (including phenoxy) is 1. The molecule has 160 valence electrons. The number of rotatable bonds is 4. The average molecular weight is 420 g/mol. The van der Waals surface area contributed by atoms with Crippen LogP contribution in [0.4, 0.5) is 8.78 Å². The number of hydrogen-bond acceptors (Lipinski definition) is 4. The summed E-state index contributed by atoms with van der Waals surface area (Å²) in [6, 6.07) is 3.23. The quantitative estimate of drug-likeness (QED) is 0.723. The highest BCUT2D eigenvalue weighted by atomic mass is 19.1. The summed E-state index contributed by atoms with van der Waals surface area (Å²) in [5, 5.41) is 2.75. The summed E-state index contributed by atoms with van der Waals surface area (Å²) in [4.78, 5) is 42.8. The first-order valence-electron chi connectivity index (χ1n) is 9.71. The molecular formula is C20H22F2N4O4. The second kappa shape index (κ2) is 7.67. The summed E-state index contributed by atoms with van der Waals surface area (Å²) in [5.74, 6) is -3.19. The van der Waals surface area contributed by atoms with E-state index in [4.69, 9.17) is 4.74 Å². The van der Waals surface area contributed by atoms with Crippen LogP contribution in [0.15, 0.2) is 18.2 Å². The van der Waals surface area contributed by atoms with Gasteiger partial charge in [0.05, 0.1) is 11.1 Å². The first-order valence-corrected chi connectivity index (χ1v) is 9.71. The number of nitrogens with one attached hydrogen (secondary N) is 2. The molecule has 1 aromatic carbocycles. The Kier molecular flexibility index (Phi) is 5.19. The van der Waals surface area contributed by atoms with Crippen molar-refractivity contribution in [1.82, 2.24) is 20.1 Å². The highest BCUT2D eigenvalue weighted by molar-refractivity contribution is 6.35. The first kappa shape index (κ1) is 20.3. The lowest BCUT2D eigenvalue weighted by Crippen LogP contribution is -2.54. The number of benzene rings is 1. The summed E-state index contributed by atoms with van der Waals surface area (Å²) in [7, 11) is 1.58. The molecule has 1 saturated carbocycles. The van der Waals surface area contributed by atoms with Crippen LogP contribution < -0.4 is 5.32 Å². The molecule has 1 aliphatic heterocycles. The van der Waals surface area contributed by atoms with Gasteiger partial charge >= 0.3 is 11.8 Å². The number of carbonyl (C=O) groups excluding carboxylic acids is 3. The lowest BCUT2D eigenvalue weighted by Gasteiger charge is -2.34. The maximum Gasteiger partial charge on any atom is 0.312 e. The number of H-pyrrole nitrogens is 1. The number of fused-ring (bicyclic) bond motifs is 1. The molecule has 2 N–H and O–H groups in total. The van der Waals surface area contributed by atoms with Crippen molar-refractivity contribution in [3.8, 4) is 0 Å². The summed E-state index contributed by atoms with van der Waals surface area (Å²) >= 11 is 0. The summed E-state index contributed by atoms with van der Waals surface area (Å²) < 4.78 is 32.5. The molecule has 2 aliphatic rings. The third kappa shape index (κ3) is 3.87. The Hall–Kier alpha value is -3.01. The summed E-state index contributed by atoms with van der Waals surface area (Å²) in [5.41, 5.74) is -0.00427. The van der Waals surface area contributed by atoms with Crippen LogP contribution >= 0.6 is 0 Å². The summed E-state index contributed by atoms with van der Waals surface area (Å²) in [6.45, 7) is 1.16. The minimum absolute atomic E-state index is 0.134. The van der Waals surface area contributed by atoms with Crippen molar-refractivity contribution in [3.63, 3.8) is 0 Å². The Bertz CT molecular complexity index is 1010. The van der Waals surface area contributed by atoms with Gasteiger partial charge in [0, 0.05) is 51.3 Å². The van der Waals surface area contributed by atoms with E-state index in [2.05, 4.69) is 10.3 Å². The highest BCUT2D eigenvalue weighted by Crippen LogP contribution is 2.37. The fourth-order valence-electron chi connectivity index (χ4n) is 3.61. The van der Waals surface area contributed by atoms with E-state index in [9.17, 15) is 23.2 Å². The van der Waals surface area contributed by atoms with Gasteiger partial charge in [-0.05, 0) is 25.0 Å². The summed E-state index contributed by atoms with van der Waals surface area (Å²) in [6.07, 6.45) is 1.70. The molecule has 3 amide bonds. The number of halogens is 2. The Morgan fingerprint density at radius 1 is 1.10 bits per heavy atom. The Labute approximate surface area is 171 Å². The van der Waals surface area contributed by atoms with E-state index in [0.29, 0.717) is 6.54 Å². The van der Waals surface area contributed by atoms with Gasteiger partial charge in [-0.2, -0.15) is 0 Å². The number of amides is 3. The van der Waals surface area contributed by atoms with Crippen LogP contribution in [0.5, 0.6) is 0 Å². The Morgan fingerprint density at radius 2 is 1.77 bits per heavy atom. The molecule has 1 aromatic heterocycles. The Balaban J connectivity index is 1.33. The van der Waals surface area contributed by atoms with Crippen molar-refractivity contribution >= 4 is 28.6 Å². The van der Waals surface area contributed by atoms with E-state index in [0.717, 1.165) is 25.0 Å². The van der Waals surface area contributed by atoms with E-state index in [1.807, 2.05) is 0 Å². The Morgan fingerprint density at radius 3 is 2.40 bits per heavy atom. The van der Waals surface area contributed by atoms with Gasteiger partial charge in [0.25, 0.3) is 5.91 Å². The maximum atomic E-state index is 13.9. The first-order chi connectivity index (χ1) is 14.3. The molecule has 0 radical (unpaired) electrons. The minimum Gasteiger partial charge on any atom is -0.376 e. The van der Waals surface area contributed by atoms with Gasteiger partial charge < -0.3 is 24.8 Å². The highest BCUT2D eigenvalue weighted by Gasteiger charge is 2.43. The lowest BCUT2D eigenvalue weighted by atomic mass is 10.2. The zero-order valence-electron chi connectivity index (χ0n) is 16.5. The van der Waals surface area contributed by atoms with Crippen molar-refractivity contribution in [2.45, 2.75) is 18.4 Å². The molecule has 1 aliphatic carbocycles. The van der Waals surface area contributed by atoms with Crippen LogP contribution in [0.2, 0.25) is 0 Å². The second-order valence-electron chi connectivity index (χ2n) is 7.69. The van der Waals surface area contributed by atoms with Crippen molar-refractivity contribution < 1.29 is 27.9 Å². The molecule has 30 heavy (non-hydrogen) atoms. The van der Waals surface area contributed by atoms with Crippen LogP contribution in [0, 0.1) is 11.6 Å². The van der Waals surface area contributed by atoms with Crippen molar-refractivity contribution in [2.24, 2.45) is 0 Å². The molecule has 2 aromatic rings. The van der Waals surface area contributed by atoms with Crippen LogP contribution in [0.25, 0.3) is 10.9 Å². The zero-order valence-corrected chi connectivity index (χ0v) is 16.5. The molecule has 0 bridgehead atoms. The topological polar surface area (TPSA) is 94.7 Å². The van der Waals surface area contributed by atoms with Crippen LogP contribution in [0.3, 0.4) is 0 Å². The third-order valence-electron chi connectivity index (χ3n) is 5.74. The minimum atomic E-state index is -0.747. The monoisotopic (exact) mass is 420 g/mol. The standard InChI is InChI=1S/C20H22F2N4O4/c1-30-20(2-3-20)11-23-17(27)19(29)26-6-4-25(5-7-26)18(28)16-10-13-14(22)8-12(21)9-15(13)24-16/h8-10,24H,2-7,11H2,1H3,(H,23,27). The SMILES string of the molecule is COC1(CNC(=O)C(=O)N2CCN(C(=O)c3cc4c(F)cc(F)cc4[nH]3)CC2)CC1. The van der Waals surface area contributed by atoms with E-state index >= 15 is 0 Å². The largest absolute Gasteiger partial charge is 0.376 e. The van der Waals surface area contributed by atoms with Crippen molar-refractivity contribution in [1.29, 1.82) is 0 Å². The normalized spacial score (nSPS) is 17.8. The van der Waals surface area contributed by atoms with Gasteiger partial charge in [0.2, 0.25) is 0 Å². The average Bonchev–Trinajstić information content (AvgIpc) is 3.41. The molecule has 0 unspecified atom stereocenters. The van der Waals surface area contributed by atoms with Gasteiger partial charge in [-0.15, -0.1) is 0 Å². The predicted molar refractivity (Wildman–Crippen MR) is 103 cm³/mol. The maximum absolute atomic E-state index is 13.9. The van der Waals surface area contributed by atoms with Crippen LogP contribution in [0.1, 0.15) is 23.3 Å². The van der Waals surface area contributed by atoms with Crippen molar-refractivity contribution in [3.05, 3.63) is 35.5 Å². The van der Waals surface area contributed by atoms with Gasteiger partial charge in [0.15, 0.2) is 0 Å². The zero-order chi connectivity index (χ0) is 21.5. The molecule has 10 heteroatoms. The van der Waals surface area contributed by atoms with Gasteiger partial charge in [-0.25, -0.2) is 8.78 Å². The van der Waals surface area contributed by atoms with E-state index in [1.165, 1.54) is 15.9 Å². The molecule has 0 spiro atoms. The second-order valence-corrected chi connectivity index (χ2v) is 7.69. The van der Waals surface area contributed by atoms with E-state index in [-0.39, 0.29) is 54.3 Å². The van der Waals surface area contributed by atoms with E-state index < -0.39 is 23.4 Å². The smallest absolute Gasteiger partial charge is 0.312 e. The van der Waals surface area contributed by atoms with E-state index in [1.54, 1.807) is 7.11 Å².